The molecule has 0 amide bonds. The highest BCUT2D eigenvalue weighted by Gasteiger charge is 2.20. The molecule has 3 aromatic heterocycles. The highest BCUT2D eigenvalue weighted by molar-refractivity contribution is 5.89. The van der Waals surface area contributed by atoms with Crippen molar-refractivity contribution in [1.82, 2.24) is 34.4 Å². The molecule has 4 rings (SSSR count). The Kier molecular flexibility index (Phi) is 6.87. The number of rotatable bonds is 8. The van der Waals surface area contributed by atoms with Crippen molar-refractivity contribution in [1.29, 1.82) is 10.8 Å². The van der Waals surface area contributed by atoms with Crippen LogP contribution in [0.15, 0.2) is 49.1 Å². The van der Waals surface area contributed by atoms with Crippen LogP contribution in [0.2, 0.25) is 0 Å². The molecule has 0 radical (unpaired) electrons. The third-order valence-electron chi connectivity index (χ3n) is 5.80. The van der Waals surface area contributed by atoms with E-state index < -0.39 is 12.0 Å². The average molecular weight is 462 g/mol. The molecule has 0 aliphatic rings. The Bertz CT molecular complexity index is 1370. The highest BCUT2D eigenvalue weighted by atomic mass is 19.1. The number of nitrogens with zero attached hydrogens (tertiary/aromatic N) is 7. The molecule has 3 heterocycles. The van der Waals surface area contributed by atoms with Crippen molar-refractivity contribution < 1.29 is 4.39 Å². The standard InChI is InChI=1S/C24H28FN9/c1-4-32(5-2)8-9-33-15-20(14-30-33)19-11-18-10-17(6-7-21(18)28-13-19)22(25)23(26)34-24(27)29-12-16(3)31-34/h6-7,10-15,22,26-27H,4-5,8-9H2,1-3H3. The summed E-state index contributed by atoms with van der Waals surface area (Å²) in [5.74, 6) is -0.459. The molecule has 0 aliphatic carbocycles. The molecule has 2 N–H and O–H groups in total. The van der Waals surface area contributed by atoms with Gasteiger partial charge in [-0.3, -0.25) is 20.5 Å². The molecule has 0 spiro atoms. The number of aryl methyl sites for hydroxylation is 1. The van der Waals surface area contributed by atoms with Crippen molar-refractivity contribution >= 4 is 16.7 Å². The molecule has 4 aromatic rings. The second-order valence-electron chi connectivity index (χ2n) is 8.08. The zero-order valence-electron chi connectivity index (χ0n) is 19.5. The number of pyridine rings is 1. The number of likely N-dealkylation sites (N-methyl/N-ethyl adjacent to an activating group) is 1. The molecule has 0 aliphatic heterocycles. The van der Waals surface area contributed by atoms with Gasteiger partial charge >= 0.3 is 0 Å². The number of hydrogen-bond acceptors (Lipinski definition) is 7. The van der Waals surface area contributed by atoms with Gasteiger partial charge in [0.2, 0.25) is 5.62 Å². The molecule has 9 nitrogen and oxygen atoms in total. The summed E-state index contributed by atoms with van der Waals surface area (Å²) in [5.41, 5.74) is 3.05. The Morgan fingerprint density at radius 2 is 1.88 bits per heavy atom. The summed E-state index contributed by atoms with van der Waals surface area (Å²) in [4.78, 5) is 10.7. The predicted molar refractivity (Wildman–Crippen MR) is 128 cm³/mol. The Balaban J connectivity index is 1.58. The molecule has 1 unspecified atom stereocenters. The van der Waals surface area contributed by atoms with E-state index in [4.69, 9.17) is 10.8 Å². The Morgan fingerprint density at radius 3 is 2.65 bits per heavy atom. The van der Waals surface area contributed by atoms with Gasteiger partial charge in [-0.2, -0.15) is 14.9 Å². The molecular formula is C24H28FN9. The van der Waals surface area contributed by atoms with Crippen LogP contribution in [0.1, 0.15) is 31.3 Å². The minimum Gasteiger partial charge on any atom is -0.302 e. The van der Waals surface area contributed by atoms with Crippen LogP contribution in [0, 0.1) is 17.7 Å². The fourth-order valence-electron chi connectivity index (χ4n) is 3.76. The number of aromatic nitrogens is 6. The van der Waals surface area contributed by atoms with Gasteiger partial charge in [-0.1, -0.05) is 19.9 Å². The smallest absolute Gasteiger partial charge is 0.244 e. The van der Waals surface area contributed by atoms with Gasteiger partial charge in [-0.05, 0) is 43.8 Å². The predicted octanol–water partition coefficient (Wildman–Crippen LogP) is 3.36. The Morgan fingerprint density at radius 1 is 1.09 bits per heavy atom. The third-order valence-corrected chi connectivity index (χ3v) is 5.80. The van der Waals surface area contributed by atoms with Crippen LogP contribution in [0.25, 0.3) is 22.0 Å². The van der Waals surface area contributed by atoms with E-state index in [1.165, 1.54) is 6.20 Å². The van der Waals surface area contributed by atoms with Gasteiger partial charge in [-0.25, -0.2) is 9.37 Å². The van der Waals surface area contributed by atoms with Gasteiger partial charge < -0.3 is 4.90 Å². The van der Waals surface area contributed by atoms with Crippen LogP contribution in [0.3, 0.4) is 0 Å². The van der Waals surface area contributed by atoms with Crippen LogP contribution in [0.5, 0.6) is 0 Å². The summed E-state index contributed by atoms with van der Waals surface area (Å²) < 4.78 is 18.1. The third kappa shape index (κ3) is 4.91. The molecule has 0 fully saturated rings. The van der Waals surface area contributed by atoms with Gasteiger partial charge in [0.05, 0.1) is 30.1 Å². The van der Waals surface area contributed by atoms with E-state index in [0.717, 1.165) is 52.9 Å². The highest BCUT2D eigenvalue weighted by Crippen LogP contribution is 2.26. The van der Waals surface area contributed by atoms with Crippen molar-refractivity contribution in [3.05, 3.63) is 65.9 Å². The molecule has 1 aromatic carbocycles. The molecule has 176 valence electrons. The zero-order valence-corrected chi connectivity index (χ0v) is 19.5. The lowest BCUT2D eigenvalue weighted by atomic mass is 10.0. The van der Waals surface area contributed by atoms with Crippen molar-refractivity contribution in [2.75, 3.05) is 19.6 Å². The van der Waals surface area contributed by atoms with Crippen molar-refractivity contribution in [2.24, 2.45) is 0 Å². The molecule has 0 bridgehead atoms. The largest absolute Gasteiger partial charge is 0.302 e. The minimum absolute atomic E-state index is 0.291. The average Bonchev–Trinajstić information content (AvgIpc) is 3.33. The summed E-state index contributed by atoms with van der Waals surface area (Å²) >= 11 is 0. The Hall–Kier alpha value is -3.79. The van der Waals surface area contributed by atoms with E-state index in [1.807, 2.05) is 23.1 Å². The van der Waals surface area contributed by atoms with Gasteiger partial charge in [0.25, 0.3) is 0 Å². The van der Waals surface area contributed by atoms with E-state index >= 15 is 4.39 Å². The first-order valence-electron chi connectivity index (χ1n) is 11.2. The molecule has 0 saturated heterocycles. The van der Waals surface area contributed by atoms with Gasteiger partial charge in [0, 0.05) is 35.5 Å². The van der Waals surface area contributed by atoms with E-state index in [0.29, 0.717) is 11.3 Å². The maximum Gasteiger partial charge on any atom is 0.244 e. The zero-order chi connectivity index (χ0) is 24.2. The number of benzene rings is 1. The fourth-order valence-corrected chi connectivity index (χ4v) is 3.76. The first-order valence-corrected chi connectivity index (χ1v) is 11.2. The minimum atomic E-state index is -1.76. The number of alkyl halides is 1. The first-order chi connectivity index (χ1) is 16.4. The normalized spacial score (nSPS) is 12.4. The summed E-state index contributed by atoms with van der Waals surface area (Å²) in [6.07, 6.45) is 5.24. The lowest BCUT2D eigenvalue weighted by molar-refractivity contribution is 0.285. The van der Waals surface area contributed by atoms with Crippen LogP contribution in [-0.2, 0) is 6.54 Å². The van der Waals surface area contributed by atoms with Crippen molar-refractivity contribution in [2.45, 2.75) is 33.5 Å². The van der Waals surface area contributed by atoms with Crippen LogP contribution in [-0.4, -0.2) is 59.9 Å². The molecule has 34 heavy (non-hydrogen) atoms. The lowest BCUT2D eigenvalue weighted by Gasteiger charge is -2.17. The summed E-state index contributed by atoms with van der Waals surface area (Å²) in [7, 11) is 0. The van der Waals surface area contributed by atoms with Crippen molar-refractivity contribution in [3.8, 4) is 11.1 Å². The molecule has 10 heteroatoms. The van der Waals surface area contributed by atoms with Gasteiger partial charge in [0.15, 0.2) is 12.0 Å². The number of fused-ring (bicyclic) bond motifs is 1. The second kappa shape index (κ2) is 10.0. The van der Waals surface area contributed by atoms with E-state index in [9.17, 15) is 0 Å². The van der Waals surface area contributed by atoms with Crippen LogP contribution >= 0.6 is 0 Å². The maximum atomic E-state index is 15.3. The molecule has 1 atom stereocenters. The lowest BCUT2D eigenvalue weighted by Crippen LogP contribution is -2.34. The van der Waals surface area contributed by atoms with Crippen LogP contribution < -0.4 is 5.62 Å². The maximum absolute atomic E-state index is 15.3. The van der Waals surface area contributed by atoms with E-state index in [1.54, 1.807) is 31.3 Å². The van der Waals surface area contributed by atoms with E-state index in [-0.39, 0.29) is 5.62 Å². The fraction of sp³-hybridized carbons (Fsp3) is 0.333. The monoisotopic (exact) mass is 461 g/mol. The molecular weight excluding hydrogens is 433 g/mol. The number of nitrogens with one attached hydrogen (secondary N) is 2. The first kappa shape index (κ1) is 23.4. The molecule has 0 saturated carbocycles. The summed E-state index contributed by atoms with van der Waals surface area (Å²) in [6, 6.07) is 6.97. The van der Waals surface area contributed by atoms with Crippen LogP contribution in [0.4, 0.5) is 4.39 Å². The van der Waals surface area contributed by atoms with Gasteiger partial charge in [0.1, 0.15) is 0 Å². The van der Waals surface area contributed by atoms with Crippen molar-refractivity contribution in [3.63, 3.8) is 0 Å². The van der Waals surface area contributed by atoms with Gasteiger partial charge in [-0.15, -0.1) is 0 Å². The second-order valence-corrected chi connectivity index (χ2v) is 8.08. The SMILES string of the molecule is CCN(CC)CCn1cc(-c2cnc3ccc(C(F)C(=N)n4nc(C)cnc4=N)cc3c2)cn1. The Labute approximate surface area is 196 Å². The number of halogens is 1. The quantitative estimate of drug-likeness (QED) is 0.309. The summed E-state index contributed by atoms with van der Waals surface area (Å²) in [6.45, 7) is 9.72. The number of hydrogen-bond donors (Lipinski definition) is 2. The topological polar surface area (TPSA) is 112 Å². The summed E-state index contributed by atoms with van der Waals surface area (Å²) in [5, 5.41) is 25.4. The van der Waals surface area contributed by atoms with E-state index in [2.05, 4.69) is 38.9 Å².